The lowest BCUT2D eigenvalue weighted by Crippen LogP contribution is -2.26. The molecule has 0 bridgehead atoms. The molecule has 1 aliphatic rings. The van der Waals surface area contributed by atoms with Crippen molar-refractivity contribution in [2.24, 2.45) is 5.92 Å². The summed E-state index contributed by atoms with van der Waals surface area (Å²) < 4.78 is 0. The van der Waals surface area contributed by atoms with Gasteiger partial charge in [-0.25, -0.2) is 0 Å². The number of carbonyl (C=O) groups excluding carboxylic acids is 1. The second kappa shape index (κ2) is 6.13. The van der Waals surface area contributed by atoms with Crippen LogP contribution in [-0.2, 0) is 12.8 Å². The summed E-state index contributed by atoms with van der Waals surface area (Å²) in [5.41, 5.74) is 4.33. The van der Waals surface area contributed by atoms with Crippen LogP contribution in [-0.4, -0.2) is 28.6 Å². The highest BCUT2D eigenvalue weighted by Crippen LogP contribution is 2.32. The Hall–Kier alpha value is -1.81. The van der Waals surface area contributed by atoms with Crippen molar-refractivity contribution in [3.63, 3.8) is 0 Å². The second-order valence-corrected chi connectivity index (χ2v) is 6.55. The maximum absolute atomic E-state index is 12.4. The normalized spacial score (nSPS) is 19.0. The van der Waals surface area contributed by atoms with Crippen molar-refractivity contribution in [3.8, 4) is 0 Å². The molecule has 0 fully saturated rings. The molecule has 3 rings (SSSR count). The molecule has 118 valence electrons. The van der Waals surface area contributed by atoms with Crippen LogP contribution >= 0.6 is 0 Å². The number of aromatic amines is 1. The van der Waals surface area contributed by atoms with Crippen LogP contribution in [0.2, 0.25) is 0 Å². The van der Waals surface area contributed by atoms with Crippen LogP contribution in [0.25, 0.3) is 10.9 Å². The zero-order valence-corrected chi connectivity index (χ0v) is 13.3. The van der Waals surface area contributed by atoms with Crippen molar-refractivity contribution in [2.45, 2.75) is 45.6 Å². The molecular formula is C18H24N2O2. The molecule has 1 aromatic carbocycles. The number of rotatable bonds is 4. The average molecular weight is 300 g/mol. The molecule has 0 spiro atoms. The van der Waals surface area contributed by atoms with E-state index in [9.17, 15) is 9.90 Å². The van der Waals surface area contributed by atoms with Crippen molar-refractivity contribution in [1.29, 1.82) is 0 Å². The van der Waals surface area contributed by atoms with Crippen molar-refractivity contribution in [1.82, 2.24) is 10.3 Å². The number of aliphatic hydroxyl groups excluding tert-OH is 1. The van der Waals surface area contributed by atoms with E-state index in [1.807, 2.05) is 12.1 Å². The Bertz CT molecular complexity index is 688. The van der Waals surface area contributed by atoms with E-state index in [-0.39, 0.29) is 5.91 Å². The van der Waals surface area contributed by atoms with Crippen molar-refractivity contribution < 1.29 is 9.90 Å². The van der Waals surface area contributed by atoms with Crippen LogP contribution in [0.3, 0.4) is 0 Å². The first-order chi connectivity index (χ1) is 10.6. The molecule has 2 unspecified atom stereocenters. The summed E-state index contributed by atoms with van der Waals surface area (Å²) in [6, 6.07) is 5.93. The fourth-order valence-corrected chi connectivity index (χ4v) is 3.29. The van der Waals surface area contributed by atoms with Gasteiger partial charge < -0.3 is 15.4 Å². The maximum Gasteiger partial charge on any atom is 0.253 e. The minimum absolute atomic E-state index is 0.0714. The van der Waals surface area contributed by atoms with Gasteiger partial charge in [0.05, 0.1) is 17.2 Å². The average Bonchev–Trinajstić information content (AvgIpc) is 2.84. The van der Waals surface area contributed by atoms with E-state index in [2.05, 4.69) is 23.3 Å². The fraction of sp³-hybridized carbons (Fsp3) is 0.500. The lowest BCUT2D eigenvalue weighted by molar-refractivity contribution is 0.0947. The Morgan fingerprint density at radius 2 is 2.32 bits per heavy atom. The largest absolute Gasteiger partial charge is 0.393 e. The number of fused-ring (bicyclic) bond motifs is 3. The number of benzene rings is 1. The molecule has 2 atom stereocenters. The SMILES string of the molecule is CC(O)CCNC(=O)c1cccc2c3c([nH]c12)CCC(C)C3. The molecule has 0 aliphatic heterocycles. The third kappa shape index (κ3) is 2.88. The summed E-state index contributed by atoms with van der Waals surface area (Å²) >= 11 is 0. The molecule has 1 aromatic heterocycles. The molecule has 0 radical (unpaired) electrons. The summed E-state index contributed by atoms with van der Waals surface area (Å²) in [5.74, 6) is 0.632. The number of hydrogen-bond acceptors (Lipinski definition) is 2. The summed E-state index contributed by atoms with van der Waals surface area (Å²) in [4.78, 5) is 15.9. The van der Waals surface area contributed by atoms with E-state index in [0.717, 1.165) is 18.4 Å². The number of para-hydroxylation sites is 1. The molecule has 4 nitrogen and oxygen atoms in total. The van der Waals surface area contributed by atoms with Crippen LogP contribution < -0.4 is 5.32 Å². The minimum atomic E-state index is -0.393. The number of amides is 1. The Morgan fingerprint density at radius 1 is 1.50 bits per heavy atom. The number of carbonyl (C=O) groups is 1. The zero-order valence-electron chi connectivity index (χ0n) is 13.3. The van der Waals surface area contributed by atoms with Gasteiger partial charge >= 0.3 is 0 Å². The molecule has 3 N–H and O–H groups in total. The summed E-state index contributed by atoms with van der Waals surface area (Å²) in [6.45, 7) is 4.51. The molecule has 22 heavy (non-hydrogen) atoms. The van der Waals surface area contributed by atoms with E-state index in [4.69, 9.17) is 0 Å². The van der Waals surface area contributed by atoms with Crippen molar-refractivity contribution in [3.05, 3.63) is 35.0 Å². The highest BCUT2D eigenvalue weighted by atomic mass is 16.3. The van der Waals surface area contributed by atoms with Crippen molar-refractivity contribution in [2.75, 3.05) is 6.54 Å². The first-order valence-corrected chi connectivity index (χ1v) is 8.15. The van der Waals surface area contributed by atoms with E-state index in [0.29, 0.717) is 24.4 Å². The van der Waals surface area contributed by atoms with Gasteiger partial charge in [0.2, 0.25) is 0 Å². The third-order valence-electron chi connectivity index (χ3n) is 4.56. The highest BCUT2D eigenvalue weighted by Gasteiger charge is 2.22. The van der Waals surface area contributed by atoms with Gasteiger partial charge in [0.1, 0.15) is 0 Å². The molecule has 2 aromatic rings. The maximum atomic E-state index is 12.4. The molecule has 0 saturated heterocycles. The summed E-state index contributed by atoms with van der Waals surface area (Å²) in [6.07, 6.45) is 3.53. The Balaban J connectivity index is 1.89. The molecule has 1 aliphatic carbocycles. The van der Waals surface area contributed by atoms with E-state index >= 15 is 0 Å². The first kappa shape index (κ1) is 15.1. The Morgan fingerprint density at radius 3 is 3.09 bits per heavy atom. The van der Waals surface area contributed by atoms with Crippen LogP contribution in [0.1, 0.15) is 48.3 Å². The van der Waals surface area contributed by atoms with Crippen LogP contribution in [0.15, 0.2) is 18.2 Å². The van der Waals surface area contributed by atoms with E-state index in [1.165, 1.54) is 23.1 Å². The summed E-state index contributed by atoms with van der Waals surface area (Å²) in [5, 5.41) is 13.4. The van der Waals surface area contributed by atoms with Gasteiger partial charge in [0.15, 0.2) is 0 Å². The zero-order chi connectivity index (χ0) is 15.7. The van der Waals surface area contributed by atoms with Gasteiger partial charge in [-0.15, -0.1) is 0 Å². The quantitative estimate of drug-likeness (QED) is 0.813. The molecule has 4 heteroatoms. The summed E-state index contributed by atoms with van der Waals surface area (Å²) in [7, 11) is 0. The third-order valence-corrected chi connectivity index (χ3v) is 4.56. The number of nitrogens with one attached hydrogen (secondary N) is 2. The number of hydrogen-bond donors (Lipinski definition) is 3. The smallest absolute Gasteiger partial charge is 0.253 e. The molecule has 1 amide bonds. The predicted molar refractivity (Wildman–Crippen MR) is 88.1 cm³/mol. The van der Waals surface area contributed by atoms with Gasteiger partial charge in [-0.1, -0.05) is 19.1 Å². The Labute approximate surface area is 130 Å². The van der Waals surface area contributed by atoms with Gasteiger partial charge in [-0.2, -0.15) is 0 Å². The van der Waals surface area contributed by atoms with Crippen molar-refractivity contribution >= 4 is 16.8 Å². The van der Waals surface area contributed by atoms with Crippen LogP contribution in [0.5, 0.6) is 0 Å². The first-order valence-electron chi connectivity index (χ1n) is 8.15. The second-order valence-electron chi connectivity index (χ2n) is 6.55. The van der Waals surface area contributed by atoms with Gasteiger partial charge in [-0.05, 0) is 50.2 Å². The molecule has 0 saturated carbocycles. The Kier molecular flexibility index (Phi) is 4.21. The van der Waals surface area contributed by atoms with Gasteiger partial charge in [0.25, 0.3) is 5.91 Å². The lowest BCUT2D eigenvalue weighted by Gasteiger charge is -2.17. The van der Waals surface area contributed by atoms with Crippen LogP contribution in [0.4, 0.5) is 0 Å². The minimum Gasteiger partial charge on any atom is -0.393 e. The number of aromatic nitrogens is 1. The van der Waals surface area contributed by atoms with Gasteiger partial charge in [-0.3, -0.25) is 4.79 Å². The molecule has 1 heterocycles. The fourth-order valence-electron chi connectivity index (χ4n) is 3.29. The lowest BCUT2D eigenvalue weighted by atomic mass is 9.87. The standard InChI is InChI=1S/C18H24N2O2/c1-11-6-7-16-15(10-11)13-4-3-5-14(17(13)20-16)18(22)19-9-8-12(2)21/h3-5,11-12,20-21H,6-10H2,1-2H3,(H,19,22). The molecular weight excluding hydrogens is 276 g/mol. The van der Waals surface area contributed by atoms with Gasteiger partial charge in [0, 0.05) is 17.6 Å². The topological polar surface area (TPSA) is 65.1 Å². The number of aryl methyl sites for hydroxylation is 1. The van der Waals surface area contributed by atoms with Crippen LogP contribution in [0, 0.1) is 5.92 Å². The highest BCUT2D eigenvalue weighted by molar-refractivity contribution is 6.06. The predicted octanol–water partition coefficient (Wildman–Crippen LogP) is 2.79. The number of aliphatic hydroxyl groups is 1. The van der Waals surface area contributed by atoms with E-state index in [1.54, 1.807) is 6.92 Å². The monoisotopic (exact) mass is 300 g/mol. The van der Waals surface area contributed by atoms with E-state index < -0.39 is 6.10 Å². The number of H-pyrrole nitrogens is 1.